The molecular formula is C12H12F3N3O. The van der Waals surface area contributed by atoms with Gasteiger partial charge in [0.05, 0.1) is 24.1 Å². The first kappa shape index (κ1) is 13.3. The zero-order chi connectivity index (χ0) is 14.0. The van der Waals surface area contributed by atoms with Gasteiger partial charge in [0.15, 0.2) is 0 Å². The van der Waals surface area contributed by atoms with Gasteiger partial charge in [0.1, 0.15) is 17.2 Å². The molecule has 0 saturated carbocycles. The van der Waals surface area contributed by atoms with Gasteiger partial charge in [-0.15, -0.1) is 0 Å². The fraction of sp³-hybridized carbons (Fsp3) is 0.250. The van der Waals surface area contributed by atoms with Crippen molar-refractivity contribution in [1.29, 1.82) is 0 Å². The average molecular weight is 271 g/mol. The molecular weight excluding hydrogens is 259 g/mol. The lowest BCUT2D eigenvalue weighted by molar-refractivity contribution is -0.141. The van der Waals surface area contributed by atoms with E-state index in [1.54, 1.807) is 19.1 Å². The van der Waals surface area contributed by atoms with Crippen LogP contribution in [-0.2, 0) is 12.7 Å². The Morgan fingerprint density at radius 3 is 2.68 bits per heavy atom. The first-order valence-electron chi connectivity index (χ1n) is 5.48. The molecule has 102 valence electrons. The van der Waals surface area contributed by atoms with Crippen LogP contribution in [0.2, 0.25) is 0 Å². The molecule has 7 heteroatoms. The Hall–Kier alpha value is -2.18. The lowest BCUT2D eigenvalue weighted by Gasteiger charge is -2.11. The molecule has 0 aliphatic rings. The van der Waals surface area contributed by atoms with Crippen LogP contribution in [0.1, 0.15) is 17.2 Å². The quantitative estimate of drug-likeness (QED) is 0.899. The SMILES string of the molecule is Cc1ccc(CNc2cc(C(F)(F)F)ncc2N)o1. The lowest BCUT2D eigenvalue weighted by Crippen LogP contribution is -2.10. The zero-order valence-corrected chi connectivity index (χ0v) is 10.1. The number of furan rings is 1. The van der Waals surface area contributed by atoms with E-state index in [9.17, 15) is 13.2 Å². The largest absolute Gasteiger partial charge is 0.465 e. The molecule has 0 amide bonds. The predicted molar refractivity (Wildman–Crippen MR) is 64.4 cm³/mol. The normalized spacial score (nSPS) is 11.6. The number of nitrogens with one attached hydrogen (secondary N) is 1. The Balaban J connectivity index is 2.15. The third-order valence-electron chi connectivity index (χ3n) is 2.47. The zero-order valence-electron chi connectivity index (χ0n) is 10.1. The van der Waals surface area contributed by atoms with Crippen LogP contribution >= 0.6 is 0 Å². The molecule has 0 radical (unpaired) electrons. The van der Waals surface area contributed by atoms with Gasteiger partial charge in [0.2, 0.25) is 0 Å². The summed E-state index contributed by atoms with van der Waals surface area (Å²) >= 11 is 0. The second kappa shape index (κ2) is 4.83. The van der Waals surface area contributed by atoms with Crippen molar-refractivity contribution in [1.82, 2.24) is 4.98 Å². The smallest absolute Gasteiger partial charge is 0.433 e. The number of nitrogen functional groups attached to an aromatic ring is 1. The number of aromatic nitrogens is 1. The Labute approximate surface area is 107 Å². The van der Waals surface area contributed by atoms with E-state index >= 15 is 0 Å². The van der Waals surface area contributed by atoms with Crippen molar-refractivity contribution in [2.75, 3.05) is 11.1 Å². The number of halogens is 3. The highest BCUT2D eigenvalue weighted by Gasteiger charge is 2.32. The van der Waals surface area contributed by atoms with Crippen molar-refractivity contribution < 1.29 is 17.6 Å². The van der Waals surface area contributed by atoms with E-state index in [1.165, 1.54) is 0 Å². The number of alkyl halides is 3. The highest BCUT2D eigenvalue weighted by molar-refractivity contribution is 5.65. The third kappa shape index (κ3) is 3.18. The Bertz CT molecular complexity index is 578. The number of hydrogen-bond donors (Lipinski definition) is 2. The van der Waals surface area contributed by atoms with Crippen molar-refractivity contribution >= 4 is 11.4 Å². The molecule has 0 aliphatic carbocycles. The second-order valence-corrected chi connectivity index (χ2v) is 4.02. The van der Waals surface area contributed by atoms with Crippen LogP contribution in [0.5, 0.6) is 0 Å². The molecule has 2 aromatic rings. The van der Waals surface area contributed by atoms with Gasteiger partial charge in [-0.25, -0.2) is 4.98 Å². The van der Waals surface area contributed by atoms with E-state index in [2.05, 4.69) is 10.3 Å². The summed E-state index contributed by atoms with van der Waals surface area (Å²) in [6.07, 6.45) is -3.51. The summed E-state index contributed by atoms with van der Waals surface area (Å²) < 4.78 is 42.9. The Morgan fingerprint density at radius 2 is 2.11 bits per heavy atom. The minimum atomic E-state index is -4.49. The van der Waals surface area contributed by atoms with Gasteiger partial charge in [-0.05, 0) is 25.1 Å². The van der Waals surface area contributed by atoms with Crippen LogP contribution in [0.15, 0.2) is 28.8 Å². The molecule has 0 atom stereocenters. The predicted octanol–water partition coefficient (Wildman–Crippen LogP) is 3.20. The van der Waals surface area contributed by atoms with Gasteiger partial charge in [0.25, 0.3) is 0 Å². The third-order valence-corrected chi connectivity index (χ3v) is 2.47. The maximum atomic E-state index is 12.5. The van der Waals surface area contributed by atoms with E-state index in [0.29, 0.717) is 5.76 Å². The minimum Gasteiger partial charge on any atom is -0.465 e. The lowest BCUT2D eigenvalue weighted by atomic mass is 10.2. The van der Waals surface area contributed by atoms with E-state index in [-0.39, 0.29) is 17.9 Å². The van der Waals surface area contributed by atoms with Crippen LogP contribution in [0.25, 0.3) is 0 Å². The number of aryl methyl sites for hydroxylation is 1. The van der Waals surface area contributed by atoms with Crippen molar-refractivity contribution in [3.8, 4) is 0 Å². The number of anilines is 2. The van der Waals surface area contributed by atoms with Crippen LogP contribution < -0.4 is 11.1 Å². The number of pyridine rings is 1. The van der Waals surface area contributed by atoms with Gasteiger partial charge < -0.3 is 15.5 Å². The molecule has 2 heterocycles. The number of nitrogens with two attached hydrogens (primary N) is 1. The van der Waals surface area contributed by atoms with Crippen molar-refractivity contribution in [2.24, 2.45) is 0 Å². The summed E-state index contributed by atoms with van der Waals surface area (Å²) in [7, 11) is 0. The average Bonchev–Trinajstić information content (AvgIpc) is 2.72. The van der Waals surface area contributed by atoms with E-state index < -0.39 is 11.9 Å². The summed E-state index contributed by atoms with van der Waals surface area (Å²) in [5.41, 5.74) is 4.92. The minimum absolute atomic E-state index is 0.149. The van der Waals surface area contributed by atoms with E-state index in [1.807, 2.05) is 0 Å². The van der Waals surface area contributed by atoms with Crippen molar-refractivity contribution in [3.05, 3.63) is 41.6 Å². The monoisotopic (exact) mass is 271 g/mol. The molecule has 3 N–H and O–H groups in total. The van der Waals surface area contributed by atoms with Crippen LogP contribution in [0.3, 0.4) is 0 Å². The first-order chi connectivity index (χ1) is 8.86. The van der Waals surface area contributed by atoms with Gasteiger partial charge in [0, 0.05) is 0 Å². The molecule has 19 heavy (non-hydrogen) atoms. The molecule has 0 saturated heterocycles. The fourth-order valence-electron chi connectivity index (χ4n) is 1.54. The molecule has 2 rings (SSSR count). The van der Waals surface area contributed by atoms with Gasteiger partial charge in [-0.2, -0.15) is 13.2 Å². The number of hydrogen-bond acceptors (Lipinski definition) is 4. The maximum Gasteiger partial charge on any atom is 0.433 e. The van der Waals surface area contributed by atoms with Crippen LogP contribution in [0, 0.1) is 6.92 Å². The summed E-state index contributed by atoms with van der Waals surface area (Å²) in [4.78, 5) is 3.26. The van der Waals surface area contributed by atoms with E-state index in [0.717, 1.165) is 18.0 Å². The molecule has 0 aromatic carbocycles. The van der Waals surface area contributed by atoms with Crippen LogP contribution in [-0.4, -0.2) is 4.98 Å². The number of rotatable bonds is 3. The molecule has 0 aliphatic heterocycles. The first-order valence-corrected chi connectivity index (χ1v) is 5.48. The molecule has 0 unspecified atom stereocenters. The molecule has 2 aromatic heterocycles. The Morgan fingerprint density at radius 1 is 1.37 bits per heavy atom. The Kier molecular flexibility index (Phi) is 3.37. The van der Waals surface area contributed by atoms with Crippen molar-refractivity contribution in [2.45, 2.75) is 19.6 Å². The van der Waals surface area contributed by atoms with Gasteiger partial charge in [-0.1, -0.05) is 0 Å². The van der Waals surface area contributed by atoms with E-state index in [4.69, 9.17) is 10.2 Å². The summed E-state index contributed by atoms with van der Waals surface area (Å²) in [5.74, 6) is 1.35. The van der Waals surface area contributed by atoms with Gasteiger partial charge in [-0.3, -0.25) is 0 Å². The number of nitrogens with zero attached hydrogens (tertiary/aromatic N) is 1. The highest BCUT2D eigenvalue weighted by Crippen LogP contribution is 2.31. The summed E-state index contributed by atoms with van der Waals surface area (Å²) in [6, 6.07) is 4.39. The molecule has 4 nitrogen and oxygen atoms in total. The fourth-order valence-corrected chi connectivity index (χ4v) is 1.54. The summed E-state index contributed by atoms with van der Waals surface area (Å²) in [5, 5.41) is 2.80. The standard InChI is InChI=1S/C12H12F3N3O/c1-7-2-3-8(19-7)5-17-10-4-11(12(13,14)15)18-6-9(10)16/h2-4,6H,5,16H2,1H3,(H,17,18). The molecule has 0 spiro atoms. The van der Waals surface area contributed by atoms with Gasteiger partial charge >= 0.3 is 6.18 Å². The molecule has 0 fully saturated rings. The summed E-state index contributed by atoms with van der Waals surface area (Å²) in [6.45, 7) is 2.03. The van der Waals surface area contributed by atoms with Crippen LogP contribution in [0.4, 0.5) is 24.5 Å². The second-order valence-electron chi connectivity index (χ2n) is 4.02. The topological polar surface area (TPSA) is 64.1 Å². The maximum absolute atomic E-state index is 12.5. The van der Waals surface area contributed by atoms with Crippen molar-refractivity contribution in [3.63, 3.8) is 0 Å². The molecule has 0 bridgehead atoms. The highest BCUT2D eigenvalue weighted by atomic mass is 19.4.